The van der Waals surface area contributed by atoms with Crippen LogP contribution in [0.4, 0.5) is 0 Å². The number of sulfonamides is 1. The van der Waals surface area contributed by atoms with Gasteiger partial charge < -0.3 is 19.7 Å². The number of amides is 2. The normalized spacial score (nSPS) is 16.8. The second kappa shape index (κ2) is 10.9. The zero-order valence-electron chi connectivity index (χ0n) is 18.4. The van der Waals surface area contributed by atoms with Gasteiger partial charge in [-0.1, -0.05) is 12.1 Å². The maximum absolute atomic E-state index is 13.4. The maximum Gasteiger partial charge on any atom is 0.243 e. The van der Waals surface area contributed by atoms with E-state index in [4.69, 9.17) is 9.47 Å². The van der Waals surface area contributed by atoms with Gasteiger partial charge in [-0.25, -0.2) is 8.42 Å². The summed E-state index contributed by atoms with van der Waals surface area (Å²) in [4.78, 5) is 26.8. The van der Waals surface area contributed by atoms with Gasteiger partial charge >= 0.3 is 0 Å². The van der Waals surface area contributed by atoms with Crippen LogP contribution in [0.2, 0.25) is 0 Å². The Morgan fingerprint density at radius 2 is 1.58 bits per heavy atom. The number of methoxy groups -OCH3 is 2. The summed E-state index contributed by atoms with van der Waals surface area (Å²) < 4.78 is 38.1. The fraction of sp³-hybridized carbons (Fsp3) is 0.364. The maximum atomic E-state index is 13.4. The molecule has 2 aromatic rings. The highest BCUT2D eigenvalue weighted by Crippen LogP contribution is 2.24. The highest BCUT2D eigenvalue weighted by molar-refractivity contribution is 7.89. The summed E-state index contributed by atoms with van der Waals surface area (Å²) in [5.41, 5.74) is 0.827. The number of ether oxygens (including phenoxy) is 2. The van der Waals surface area contributed by atoms with Gasteiger partial charge in [0, 0.05) is 26.2 Å². The molecule has 178 valence electrons. The molecule has 1 heterocycles. The van der Waals surface area contributed by atoms with Crippen molar-refractivity contribution in [3.8, 4) is 11.5 Å². The Bertz CT molecular complexity index is 1070. The number of hydrogen-bond donors (Lipinski definition) is 2. The third kappa shape index (κ3) is 5.79. The van der Waals surface area contributed by atoms with Crippen molar-refractivity contribution < 1.29 is 27.5 Å². The lowest BCUT2D eigenvalue weighted by Crippen LogP contribution is -2.61. The fourth-order valence-electron chi connectivity index (χ4n) is 3.53. The zero-order valence-corrected chi connectivity index (χ0v) is 20.1. The van der Waals surface area contributed by atoms with E-state index >= 15 is 0 Å². The third-order valence-electron chi connectivity index (χ3n) is 5.41. The summed E-state index contributed by atoms with van der Waals surface area (Å²) in [6.45, 7) is 0.324. The van der Waals surface area contributed by atoms with Gasteiger partial charge in [-0.15, -0.1) is 0 Å². The highest BCUT2D eigenvalue weighted by Gasteiger charge is 2.41. The van der Waals surface area contributed by atoms with E-state index < -0.39 is 22.0 Å². The molecule has 1 saturated heterocycles. The molecule has 0 aliphatic carbocycles. The van der Waals surface area contributed by atoms with Gasteiger partial charge in [-0.05, 0) is 42.0 Å². The van der Waals surface area contributed by atoms with Crippen molar-refractivity contribution >= 4 is 34.5 Å². The average molecular weight is 494 g/mol. The summed E-state index contributed by atoms with van der Waals surface area (Å²) in [6, 6.07) is 12.1. The van der Waals surface area contributed by atoms with Crippen LogP contribution in [-0.4, -0.2) is 75.1 Å². The quantitative estimate of drug-likeness (QED) is 0.535. The standard InChI is InChI=1S/C22H27N3O6S2/c1-30-17-5-3-16(4-6-17)13-23-22(27)20-14-24(21(26)15-32)11-12-25(20)33(28,29)19-9-7-18(31-2)8-10-19/h3-10,20,32H,11-15H2,1-2H3,(H,23,27). The molecule has 33 heavy (non-hydrogen) atoms. The summed E-state index contributed by atoms with van der Waals surface area (Å²) in [5, 5.41) is 2.79. The van der Waals surface area contributed by atoms with E-state index in [-0.39, 0.29) is 42.7 Å². The first kappa shape index (κ1) is 24.9. The highest BCUT2D eigenvalue weighted by atomic mass is 32.2. The minimum atomic E-state index is -3.99. The Hall–Kier alpha value is -2.76. The van der Waals surface area contributed by atoms with Crippen molar-refractivity contribution in [2.75, 3.05) is 39.6 Å². The van der Waals surface area contributed by atoms with Gasteiger partial charge in [0.1, 0.15) is 17.5 Å². The second-order valence-electron chi connectivity index (χ2n) is 7.37. The molecule has 2 aromatic carbocycles. The minimum Gasteiger partial charge on any atom is -0.497 e. The number of nitrogens with zero attached hydrogens (tertiary/aromatic N) is 2. The van der Waals surface area contributed by atoms with E-state index in [1.54, 1.807) is 31.4 Å². The summed E-state index contributed by atoms with van der Waals surface area (Å²) in [6.07, 6.45) is 0. The van der Waals surface area contributed by atoms with Crippen molar-refractivity contribution in [3.63, 3.8) is 0 Å². The van der Waals surface area contributed by atoms with E-state index in [0.717, 1.165) is 9.87 Å². The smallest absolute Gasteiger partial charge is 0.243 e. The summed E-state index contributed by atoms with van der Waals surface area (Å²) in [7, 11) is -0.930. The van der Waals surface area contributed by atoms with E-state index in [1.807, 2.05) is 12.1 Å². The molecule has 3 rings (SSSR count). The van der Waals surface area contributed by atoms with Crippen LogP contribution in [0.5, 0.6) is 11.5 Å². The van der Waals surface area contributed by atoms with Gasteiger partial charge in [0.2, 0.25) is 21.8 Å². The van der Waals surface area contributed by atoms with Crippen LogP contribution in [0.15, 0.2) is 53.4 Å². The third-order valence-corrected chi connectivity index (χ3v) is 7.61. The molecule has 1 unspecified atom stereocenters. The number of benzene rings is 2. The van der Waals surface area contributed by atoms with Gasteiger partial charge in [0.25, 0.3) is 0 Å². The Morgan fingerprint density at radius 1 is 1.00 bits per heavy atom. The molecule has 9 nitrogen and oxygen atoms in total. The van der Waals surface area contributed by atoms with E-state index in [1.165, 1.54) is 24.1 Å². The molecule has 2 amide bonds. The molecule has 1 aliphatic rings. The molecular weight excluding hydrogens is 466 g/mol. The topological polar surface area (TPSA) is 105 Å². The molecule has 0 spiro atoms. The minimum absolute atomic E-state index is 0.00545. The monoisotopic (exact) mass is 493 g/mol. The van der Waals surface area contributed by atoms with E-state index in [2.05, 4.69) is 17.9 Å². The lowest BCUT2D eigenvalue weighted by Gasteiger charge is -2.39. The predicted octanol–water partition coefficient (Wildman–Crippen LogP) is 1.15. The van der Waals surface area contributed by atoms with Crippen LogP contribution in [0.3, 0.4) is 0 Å². The molecular formula is C22H27N3O6S2. The Kier molecular flexibility index (Phi) is 8.22. The van der Waals surface area contributed by atoms with Crippen molar-refractivity contribution in [2.45, 2.75) is 17.5 Å². The summed E-state index contributed by atoms with van der Waals surface area (Å²) in [5.74, 6) is 0.445. The van der Waals surface area contributed by atoms with Gasteiger partial charge in [0.15, 0.2) is 0 Å². The van der Waals surface area contributed by atoms with Crippen molar-refractivity contribution in [1.29, 1.82) is 0 Å². The first-order valence-electron chi connectivity index (χ1n) is 10.3. The number of thiol groups is 1. The Balaban J connectivity index is 1.82. The molecule has 0 aromatic heterocycles. The number of hydrogen-bond acceptors (Lipinski definition) is 7. The molecule has 0 radical (unpaired) electrons. The molecule has 1 fully saturated rings. The van der Waals surface area contributed by atoms with Crippen molar-refractivity contribution in [3.05, 3.63) is 54.1 Å². The number of carbonyl (C=O) groups excluding carboxylic acids is 2. The Labute approximate surface area is 199 Å². The van der Waals surface area contributed by atoms with E-state index in [9.17, 15) is 18.0 Å². The Morgan fingerprint density at radius 3 is 2.12 bits per heavy atom. The average Bonchev–Trinajstić information content (AvgIpc) is 2.86. The fourth-order valence-corrected chi connectivity index (χ4v) is 5.30. The number of piperazine rings is 1. The van der Waals surface area contributed by atoms with Crippen LogP contribution < -0.4 is 14.8 Å². The lowest BCUT2D eigenvalue weighted by molar-refractivity contribution is -0.134. The zero-order chi connectivity index (χ0) is 24.0. The van der Waals surface area contributed by atoms with Gasteiger partial charge in [-0.2, -0.15) is 16.9 Å². The van der Waals surface area contributed by atoms with Gasteiger partial charge in [-0.3, -0.25) is 9.59 Å². The SMILES string of the molecule is COc1ccc(CNC(=O)C2CN(C(=O)CS)CCN2S(=O)(=O)c2ccc(OC)cc2)cc1. The first-order chi connectivity index (χ1) is 15.8. The van der Waals surface area contributed by atoms with Crippen LogP contribution in [0.1, 0.15) is 5.56 Å². The van der Waals surface area contributed by atoms with Crippen LogP contribution in [0, 0.1) is 0 Å². The molecule has 0 saturated carbocycles. The number of carbonyl (C=O) groups is 2. The number of nitrogens with one attached hydrogen (secondary N) is 1. The van der Waals surface area contributed by atoms with Crippen LogP contribution >= 0.6 is 12.6 Å². The largest absolute Gasteiger partial charge is 0.497 e. The second-order valence-corrected chi connectivity index (χ2v) is 9.58. The predicted molar refractivity (Wildman–Crippen MR) is 126 cm³/mol. The first-order valence-corrected chi connectivity index (χ1v) is 12.3. The molecule has 0 bridgehead atoms. The molecule has 1 atom stereocenters. The van der Waals surface area contributed by atoms with Crippen molar-refractivity contribution in [2.24, 2.45) is 0 Å². The van der Waals surface area contributed by atoms with E-state index in [0.29, 0.717) is 11.5 Å². The van der Waals surface area contributed by atoms with Gasteiger partial charge in [0.05, 0.1) is 24.9 Å². The lowest BCUT2D eigenvalue weighted by atomic mass is 10.1. The van der Waals surface area contributed by atoms with Crippen LogP contribution in [-0.2, 0) is 26.2 Å². The van der Waals surface area contributed by atoms with Crippen LogP contribution in [0.25, 0.3) is 0 Å². The molecule has 1 N–H and O–H groups in total. The molecule has 1 aliphatic heterocycles. The number of rotatable bonds is 8. The summed E-state index contributed by atoms with van der Waals surface area (Å²) >= 11 is 4.02. The van der Waals surface area contributed by atoms with Crippen molar-refractivity contribution in [1.82, 2.24) is 14.5 Å². The molecule has 11 heteroatoms.